The SMILES string of the molecule is O=C(NC1CCCCC1)C1CSC(c2ccoc2)N1C(=O)c1cccs1. The fourth-order valence-electron chi connectivity index (χ4n) is 3.70. The number of nitrogens with zero attached hydrogens (tertiary/aromatic N) is 1. The van der Waals surface area contributed by atoms with Crippen LogP contribution in [-0.2, 0) is 4.79 Å². The summed E-state index contributed by atoms with van der Waals surface area (Å²) in [4.78, 5) is 28.5. The van der Waals surface area contributed by atoms with E-state index in [1.807, 2.05) is 23.6 Å². The van der Waals surface area contributed by atoms with Crippen molar-refractivity contribution in [3.63, 3.8) is 0 Å². The fourth-order valence-corrected chi connectivity index (χ4v) is 5.77. The van der Waals surface area contributed by atoms with E-state index in [1.165, 1.54) is 30.6 Å². The largest absolute Gasteiger partial charge is 0.472 e. The molecule has 7 heteroatoms. The zero-order valence-corrected chi connectivity index (χ0v) is 16.1. The molecule has 138 valence electrons. The predicted octanol–water partition coefficient (Wildman–Crippen LogP) is 4.05. The molecule has 2 aromatic rings. The van der Waals surface area contributed by atoms with Crippen molar-refractivity contribution in [1.82, 2.24) is 10.2 Å². The summed E-state index contributed by atoms with van der Waals surface area (Å²) in [6.45, 7) is 0. The maximum atomic E-state index is 13.1. The van der Waals surface area contributed by atoms with Crippen molar-refractivity contribution >= 4 is 34.9 Å². The van der Waals surface area contributed by atoms with Gasteiger partial charge in [-0.3, -0.25) is 9.59 Å². The number of thioether (sulfide) groups is 1. The van der Waals surface area contributed by atoms with Crippen LogP contribution >= 0.6 is 23.1 Å². The number of hydrogen-bond donors (Lipinski definition) is 1. The van der Waals surface area contributed by atoms with Crippen molar-refractivity contribution in [2.24, 2.45) is 0 Å². The molecule has 2 atom stereocenters. The molecule has 0 spiro atoms. The molecule has 1 saturated heterocycles. The van der Waals surface area contributed by atoms with Gasteiger partial charge in [0.15, 0.2) is 0 Å². The van der Waals surface area contributed by atoms with Crippen molar-refractivity contribution in [1.29, 1.82) is 0 Å². The molecule has 26 heavy (non-hydrogen) atoms. The van der Waals surface area contributed by atoms with Gasteiger partial charge in [0.05, 0.1) is 17.4 Å². The first-order valence-electron chi connectivity index (χ1n) is 9.04. The standard InChI is InChI=1S/C19H22N2O3S2/c22-17(20-14-5-2-1-3-6-14)15-12-26-19(13-8-9-24-11-13)21(15)18(23)16-7-4-10-25-16/h4,7-11,14-15,19H,1-3,5-6,12H2,(H,20,22). The monoisotopic (exact) mass is 390 g/mol. The molecule has 2 aromatic heterocycles. The highest BCUT2D eigenvalue weighted by atomic mass is 32.2. The molecule has 1 saturated carbocycles. The average Bonchev–Trinajstić information content (AvgIpc) is 3.42. The van der Waals surface area contributed by atoms with Crippen LogP contribution in [0.3, 0.4) is 0 Å². The summed E-state index contributed by atoms with van der Waals surface area (Å²) in [5.41, 5.74) is 0.924. The highest BCUT2D eigenvalue weighted by Crippen LogP contribution is 2.42. The van der Waals surface area contributed by atoms with Gasteiger partial charge < -0.3 is 14.6 Å². The van der Waals surface area contributed by atoms with E-state index in [9.17, 15) is 9.59 Å². The van der Waals surface area contributed by atoms with Crippen molar-refractivity contribution in [2.45, 2.75) is 49.6 Å². The third kappa shape index (κ3) is 3.55. The van der Waals surface area contributed by atoms with E-state index in [0.29, 0.717) is 10.6 Å². The molecule has 2 amide bonds. The van der Waals surface area contributed by atoms with E-state index in [1.54, 1.807) is 29.2 Å². The number of hydrogen-bond acceptors (Lipinski definition) is 5. The molecule has 1 aliphatic carbocycles. The predicted molar refractivity (Wildman–Crippen MR) is 103 cm³/mol. The summed E-state index contributed by atoms with van der Waals surface area (Å²) >= 11 is 3.03. The Hall–Kier alpha value is -1.73. The second kappa shape index (κ2) is 7.88. The molecule has 5 nitrogen and oxygen atoms in total. The van der Waals surface area contributed by atoms with Gasteiger partial charge >= 0.3 is 0 Å². The van der Waals surface area contributed by atoms with Crippen LogP contribution in [0.1, 0.15) is 52.7 Å². The lowest BCUT2D eigenvalue weighted by molar-refractivity contribution is -0.125. The molecule has 1 aliphatic heterocycles. The van der Waals surface area contributed by atoms with Gasteiger partial charge in [-0.05, 0) is 30.4 Å². The molecule has 4 rings (SSSR count). The van der Waals surface area contributed by atoms with Gasteiger partial charge in [0.2, 0.25) is 5.91 Å². The van der Waals surface area contributed by atoms with Crippen LogP contribution in [0.5, 0.6) is 0 Å². The molecule has 0 aromatic carbocycles. The molecular weight excluding hydrogens is 368 g/mol. The van der Waals surface area contributed by atoms with E-state index in [4.69, 9.17) is 4.42 Å². The van der Waals surface area contributed by atoms with Crippen molar-refractivity contribution in [3.8, 4) is 0 Å². The van der Waals surface area contributed by atoms with Crippen LogP contribution in [0.15, 0.2) is 40.5 Å². The molecule has 3 heterocycles. The first-order chi connectivity index (χ1) is 12.7. The highest BCUT2D eigenvalue weighted by molar-refractivity contribution is 7.99. The molecule has 2 aliphatic rings. The van der Waals surface area contributed by atoms with Gasteiger partial charge in [0.25, 0.3) is 5.91 Å². The summed E-state index contributed by atoms with van der Waals surface area (Å²) in [5, 5.41) is 4.89. The summed E-state index contributed by atoms with van der Waals surface area (Å²) in [7, 11) is 0. The summed E-state index contributed by atoms with van der Waals surface area (Å²) in [5.74, 6) is 0.492. The minimum atomic E-state index is -0.448. The molecule has 0 bridgehead atoms. The minimum absolute atomic E-state index is 0.0275. The Bertz CT molecular complexity index is 739. The lowest BCUT2D eigenvalue weighted by Gasteiger charge is -2.30. The summed E-state index contributed by atoms with van der Waals surface area (Å²) < 4.78 is 5.21. The Kier molecular flexibility index (Phi) is 5.36. The fraction of sp³-hybridized carbons (Fsp3) is 0.474. The number of rotatable bonds is 4. The Morgan fingerprint density at radius 1 is 1.19 bits per heavy atom. The Labute approximate surface area is 161 Å². The lowest BCUT2D eigenvalue weighted by atomic mass is 9.95. The molecule has 2 fully saturated rings. The minimum Gasteiger partial charge on any atom is -0.472 e. The first kappa shape index (κ1) is 17.7. The molecule has 2 unspecified atom stereocenters. The number of carbonyl (C=O) groups is 2. The van der Waals surface area contributed by atoms with Gasteiger partial charge in [0, 0.05) is 17.4 Å². The van der Waals surface area contributed by atoms with E-state index >= 15 is 0 Å². The maximum absolute atomic E-state index is 13.1. The third-order valence-corrected chi connectivity index (χ3v) is 7.23. The van der Waals surface area contributed by atoms with Crippen LogP contribution in [0, 0.1) is 0 Å². The zero-order chi connectivity index (χ0) is 17.9. The number of carbonyl (C=O) groups excluding carboxylic acids is 2. The molecule has 1 N–H and O–H groups in total. The topological polar surface area (TPSA) is 62.6 Å². The van der Waals surface area contributed by atoms with Gasteiger partial charge in [0.1, 0.15) is 11.4 Å². The van der Waals surface area contributed by atoms with Gasteiger partial charge in [-0.25, -0.2) is 0 Å². The lowest BCUT2D eigenvalue weighted by Crippen LogP contribution is -2.50. The van der Waals surface area contributed by atoms with Crippen molar-refractivity contribution in [3.05, 3.63) is 46.5 Å². The average molecular weight is 391 g/mol. The van der Waals surface area contributed by atoms with E-state index in [2.05, 4.69) is 5.32 Å². The number of thiophene rings is 1. The first-order valence-corrected chi connectivity index (χ1v) is 11.0. The number of amides is 2. The van der Waals surface area contributed by atoms with Crippen molar-refractivity contribution < 1.29 is 14.0 Å². The third-order valence-electron chi connectivity index (χ3n) is 5.05. The van der Waals surface area contributed by atoms with Gasteiger partial charge in [-0.1, -0.05) is 25.3 Å². The van der Waals surface area contributed by atoms with Crippen LogP contribution in [0.2, 0.25) is 0 Å². The molecule has 0 radical (unpaired) electrons. The Morgan fingerprint density at radius 3 is 2.73 bits per heavy atom. The van der Waals surface area contributed by atoms with Crippen LogP contribution in [-0.4, -0.2) is 34.6 Å². The summed E-state index contributed by atoms with van der Waals surface area (Å²) in [6.07, 6.45) is 8.93. The number of nitrogens with one attached hydrogen (secondary N) is 1. The van der Waals surface area contributed by atoms with Crippen LogP contribution in [0.4, 0.5) is 0 Å². The maximum Gasteiger partial charge on any atom is 0.265 e. The number of furan rings is 1. The van der Waals surface area contributed by atoms with E-state index in [0.717, 1.165) is 18.4 Å². The van der Waals surface area contributed by atoms with E-state index < -0.39 is 6.04 Å². The summed E-state index contributed by atoms with van der Waals surface area (Å²) in [6, 6.07) is 5.35. The molecular formula is C19H22N2O3S2. The van der Waals surface area contributed by atoms with Crippen LogP contribution < -0.4 is 5.32 Å². The Balaban J connectivity index is 1.56. The quantitative estimate of drug-likeness (QED) is 0.856. The van der Waals surface area contributed by atoms with Gasteiger partial charge in [-0.2, -0.15) is 0 Å². The van der Waals surface area contributed by atoms with Crippen LogP contribution in [0.25, 0.3) is 0 Å². The second-order valence-electron chi connectivity index (χ2n) is 6.79. The van der Waals surface area contributed by atoms with Gasteiger partial charge in [-0.15, -0.1) is 23.1 Å². The smallest absolute Gasteiger partial charge is 0.265 e. The Morgan fingerprint density at radius 2 is 2.04 bits per heavy atom. The van der Waals surface area contributed by atoms with Crippen molar-refractivity contribution in [2.75, 3.05) is 5.75 Å². The highest BCUT2D eigenvalue weighted by Gasteiger charge is 2.43. The van der Waals surface area contributed by atoms with E-state index in [-0.39, 0.29) is 23.2 Å². The second-order valence-corrected chi connectivity index (χ2v) is 8.85. The zero-order valence-electron chi connectivity index (χ0n) is 14.4. The normalized spacial score (nSPS) is 23.9.